The highest BCUT2D eigenvalue weighted by Crippen LogP contribution is 2.39. The Morgan fingerprint density at radius 3 is 2.39 bits per heavy atom. The summed E-state index contributed by atoms with van der Waals surface area (Å²) in [6.45, 7) is 3.39. The van der Waals surface area contributed by atoms with Crippen LogP contribution in [-0.2, 0) is 4.74 Å². The summed E-state index contributed by atoms with van der Waals surface area (Å²) < 4.78 is 5.54. The number of pyridine rings is 1. The van der Waals surface area contributed by atoms with Gasteiger partial charge in [0.05, 0.1) is 0 Å². The number of ether oxygens (including phenoxy) is 1. The van der Waals surface area contributed by atoms with Crippen LogP contribution in [-0.4, -0.2) is 56.2 Å². The van der Waals surface area contributed by atoms with Gasteiger partial charge in [0.2, 0.25) is 0 Å². The van der Waals surface area contributed by atoms with E-state index in [1.54, 1.807) is 0 Å². The molecule has 0 atom stereocenters. The molecule has 1 spiro atoms. The molecule has 1 amide bonds. The average molecular weight is 380 g/mol. The lowest BCUT2D eigenvalue weighted by Crippen LogP contribution is -2.48. The number of piperidine rings is 1. The van der Waals surface area contributed by atoms with Gasteiger partial charge in [-0.1, -0.05) is 12.1 Å². The topological polar surface area (TPSA) is 45.7 Å². The summed E-state index contributed by atoms with van der Waals surface area (Å²) in [4.78, 5) is 21.6. The number of hydrogen-bond donors (Lipinski definition) is 0. The summed E-state index contributed by atoms with van der Waals surface area (Å²) in [5.41, 5.74) is 3.18. The monoisotopic (exact) mass is 379 g/mol. The lowest BCUT2D eigenvalue weighted by Gasteiger charge is -2.45. The van der Waals surface area contributed by atoms with Crippen LogP contribution in [0.2, 0.25) is 0 Å². The Bertz CT molecular complexity index is 803. The fraction of sp³-hybridized carbons (Fsp3) is 0.478. The standard InChI is InChI=1S/C23H29N3O2/c1-25(2)21-9-8-20(16-24-21)18-4-6-19(7-5-18)22(27)26-13-3-10-23(17-26)11-14-28-15-12-23/h4-9,16H,3,10-15,17H2,1-2H3. The van der Waals surface area contributed by atoms with Gasteiger partial charge in [0.25, 0.3) is 5.91 Å². The number of nitrogens with zero attached hydrogens (tertiary/aromatic N) is 3. The van der Waals surface area contributed by atoms with Crippen molar-refractivity contribution in [1.82, 2.24) is 9.88 Å². The summed E-state index contributed by atoms with van der Waals surface area (Å²) in [7, 11) is 3.96. The van der Waals surface area contributed by atoms with E-state index in [0.29, 0.717) is 0 Å². The van der Waals surface area contributed by atoms with Gasteiger partial charge >= 0.3 is 0 Å². The Morgan fingerprint density at radius 2 is 1.75 bits per heavy atom. The lowest BCUT2D eigenvalue weighted by molar-refractivity contribution is -0.0229. The minimum absolute atomic E-state index is 0.151. The second kappa shape index (κ2) is 7.92. The van der Waals surface area contributed by atoms with Crippen molar-refractivity contribution in [2.24, 2.45) is 5.41 Å². The molecule has 0 N–H and O–H groups in total. The minimum atomic E-state index is 0.151. The van der Waals surface area contributed by atoms with Gasteiger partial charge in [-0.25, -0.2) is 4.98 Å². The number of hydrogen-bond acceptors (Lipinski definition) is 4. The predicted molar refractivity (Wildman–Crippen MR) is 112 cm³/mol. The first kappa shape index (κ1) is 18.9. The summed E-state index contributed by atoms with van der Waals surface area (Å²) in [5.74, 6) is 1.08. The number of aromatic nitrogens is 1. The van der Waals surface area contributed by atoms with Crippen molar-refractivity contribution in [3.8, 4) is 11.1 Å². The zero-order chi connectivity index (χ0) is 19.6. The van der Waals surface area contributed by atoms with Gasteiger partial charge in [-0.15, -0.1) is 0 Å². The van der Waals surface area contributed by atoms with E-state index >= 15 is 0 Å². The number of likely N-dealkylation sites (tertiary alicyclic amines) is 1. The fourth-order valence-corrected chi connectivity index (χ4v) is 4.40. The van der Waals surface area contributed by atoms with Gasteiger partial charge in [-0.3, -0.25) is 4.79 Å². The van der Waals surface area contributed by atoms with Crippen LogP contribution < -0.4 is 4.90 Å². The van der Waals surface area contributed by atoms with E-state index in [2.05, 4.69) is 16.0 Å². The maximum absolute atomic E-state index is 13.1. The maximum atomic E-state index is 13.1. The first-order valence-corrected chi connectivity index (χ1v) is 10.2. The van der Waals surface area contributed by atoms with Gasteiger partial charge in [0.1, 0.15) is 5.82 Å². The van der Waals surface area contributed by atoms with Crippen LogP contribution in [0, 0.1) is 5.41 Å². The third kappa shape index (κ3) is 3.90. The number of anilines is 1. The zero-order valence-electron chi connectivity index (χ0n) is 16.9. The molecular formula is C23H29N3O2. The van der Waals surface area contributed by atoms with Crippen molar-refractivity contribution >= 4 is 11.7 Å². The fourth-order valence-electron chi connectivity index (χ4n) is 4.40. The van der Waals surface area contributed by atoms with E-state index < -0.39 is 0 Å². The normalized spacial score (nSPS) is 18.9. The number of carbonyl (C=O) groups is 1. The molecule has 3 heterocycles. The molecule has 2 saturated heterocycles. The Morgan fingerprint density at radius 1 is 1.04 bits per heavy atom. The van der Waals surface area contributed by atoms with Crippen LogP contribution in [0.25, 0.3) is 11.1 Å². The van der Waals surface area contributed by atoms with Crippen molar-refractivity contribution in [3.05, 3.63) is 48.2 Å². The molecule has 0 aliphatic carbocycles. The Kier molecular flexibility index (Phi) is 5.36. The molecule has 0 saturated carbocycles. The summed E-state index contributed by atoms with van der Waals surface area (Å²) in [5, 5.41) is 0. The summed E-state index contributed by atoms with van der Waals surface area (Å²) in [6, 6.07) is 12.0. The molecule has 4 rings (SSSR count). The van der Waals surface area contributed by atoms with Crippen LogP contribution in [0.1, 0.15) is 36.0 Å². The van der Waals surface area contributed by atoms with Crippen molar-refractivity contribution in [1.29, 1.82) is 0 Å². The lowest BCUT2D eigenvalue weighted by atomic mass is 9.74. The van der Waals surface area contributed by atoms with Crippen molar-refractivity contribution in [2.45, 2.75) is 25.7 Å². The SMILES string of the molecule is CN(C)c1ccc(-c2ccc(C(=O)N3CCCC4(CCOCC4)C3)cc2)cn1. The molecule has 2 aromatic rings. The van der Waals surface area contributed by atoms with Gasteiger partial charge in [-0.2, -0.15) is 0 Å². The molecule has 5 heteroatoms. The molecule has 0 unspecified atom stereocenters. The van der Waals surface area contributed by atoms with Crippen molar-refractivity contribution < 1.29 is 9.53 Å². The molecule has 0 radical (unpaired) electrons. The molecule has 2 aliphatic heterocycles. The molecule has 1 aromatic heterocycles. The molecule has 148 valence electrons. The highest BCUT2D eigenvalue weighted by Gasteiger charge is 2.38. The minimum Gasteiger partial charge on any atom is -0.381 e. The van der Waals surface area contributed by atoms with Crippen LogP contribution in [0.5, 0.6) is 0 Å². The van der Waals surface area contributed by atoms with Gasteiger partial charge in [-0.05, 0) is 60.9 Å². The van der Waals surface area contributed by atoms with E-state index in [4.69, 9.17) is 4.74 Å². The van der Waals surface area contributed by atoms with Crippen LogP contribution in [0.15, 0.2) is 42.6 Å². The van der Waals surface area contributed by atoms with Crippen molar-refractivity contribution in [3.63, 3.8) is 0 Å². The second-order valence-corrected chi connectivity index (χ2v) is 8.32. The average Bonchev–Trinajstić information content (AvgIpc) is 2.74. The molecule has 1 aromatic carbocycles. The third-order valence-electron chi connectivity index (χ3n) is 6.17. The molecule has 5 nitrogen and oxygen atoms in total. The molecule has 2 fully saturated rings. The Hall–Kier alpha value is -2.40. The van der Waals surface area contributed by atoms with E-state index in [1.165, 1.54) is 6.42 Å². The van der Waals surface area contributed by atoms with Crippen LogP contribution in [0.3, 0.4) is 0 Å². The highest BCUT2D eigenvalue weighted by atomic mass is 16.5. The van der Waals surface area contributed by atoms with Gasteiger partial charge in [0, 0.05) is 57.7 Å². The predicted octanol–water partition coefficient (Wildman–Crippen LogP) is 3.85. The maximum Gasteiger partial charge on any atom is 0.253 e. The van der Waals surface area contributed by atoms with E-state index in [1.807, 2.05) is 55.5 Å². The molecule has 28 heavy (non-hydrogen) atoms. The number of benzene rings is 1. The highest BCUT2D eigenvalue weighted by molar-refractivity contribution is 5.94. The zero-order valence-corrected chi connectivity index (χ0v) is 16.9. The molecule has 2 aliphatic rings. The van der Waals surface area contributed by atoms with Gasteiger partial charge in [0.15, 0.2) is 0 Å². The Labute approximate surface area is 167 Å². The quantitative estimate of drug-likeness (QED) is 0.813. The van der Waals surface area contributed by atoms with E-state index in [9.17, 15) is 4.79 Å². The van der Waals surface area contributed by atoms with E-state index in [0.717, 1.165) is 68.1 Å². The summed E-state index contributed by atoms with van der Waals surface area (Å²) in [6.07, 6.45) is 6.34. The molecular weight excluding hydrogens is 350 g/mol. The van der Waals surface area contributed by atoms with Gasteiger partial charge < -0.3 is 14.5 Å². The number of rotatable bonds is 3. The first-order chi connectivity index (χ1) is 13.6. The first-order valence-electron chi connectivity index (χ1n) is 10.2. The largest absolute Gasteiger partial charge is 0.381 e. The molecule has 0 bridgehead atoms. The van der Waals surface area contributed by atoms with Crippen LogP contribution >= 0.6 is 0 Å². The van der Waals surface area contributed by atoms with Crippen LogP contribution in [0.4, 0.5) is 5.82 Å². The summed E-state index contributed by atoms with van der Waals surface area (Å²) >= 11 is 0. The second-order valence-electron chi connectivity index (χ2n) is 8.32. The number of carbonyl (C=O) groups excluding carboxylic acids is 1. The van der Waals surface area contributed by atoms with Crippen molar-refractivity contribution in [2.75, 3.05) is 45.3 Å². The number of amides is 1. The Balaban J connectivity index is 1.46. The third-order valence-corrected chi connectivity index (χ3v) is 6.17. The van der Waals surface area contributed by atoms with E-state index in [-0.39, 0.29) is 11.3 Å². The smallest absolute Gasteiger partial charge is 0.253 e.